The molecule has 0 bridgehead atoms. The average molecular weight is 496 g/mol. The van der Waals surface area contributed by atoms with Crippen LogP contribution in [0.1, 0.15) is 27.0 Å². The van der Waals surface area contributed by atoms with Crippen molar-refractivity contribution in [2.45, 2.75) is 25.2 Å². The molecule has 1 atom stereocenters. The molecule has 3 aromatic rings. The molecule has 0 unspecified atom stereocenters. The quantitative estimate of drug-likeness (QED) is 0.483. The maximum Gasteiger partial charge on any atom is 0.416 e. The van der Waals surface area contributed by atoms with Gasteiger partial charge in [0.2, 0.25) is 11.8 Å². The standard InChI is InChI=1S/C26H23F3N4O3/c27-26(28,29)19-8-4-10-21(13-19)32-25(36)17-7-3-9-20(11-17)31-23(34)15-33-14-18-6-2-1-5-16(18)12-22(33)24(30)35/h1-11,13,22H,12,14-15H2,(H2,30,35)(H,31,34)(H,32,36)/t22-/m0/s1. The number of nitrogens with zero attached hydrogens (tertiary/aromatic N) is 1. The van der Waals surface area contributed by atoms with Gasteiger partial charge in [-0.2, -0.15) is 13.2 Å². The Balaban J connectivity index is 1.42. The maximum atomic E-state index is 12.9. The van der Waals surface area contributed by atoms with E-state index >= 15 is 0 Å². The second-order valence-electron chi connectivity index (χ2n) is 8.46. The molecule has 0 saturated carbocycles. The molecule has 10 heteroatoms. The van der Waals surface area contributed by atoms with Crippen LogP contribution in [-0.4, -0.2) is 35.2 Å². The lowest BCUT2D eigenvalue weighted by Crippen LogP contribution is -2.50. The lowest BCUT2D eigenvalue weighted by atomic mass is 9.93. The SMILES string of the molecule is NC(=O)[C@@H]1Cc2ccccc2CN1CC(=O)Nc1cccc(C(=O)Nc2cccc(C(F)(F)F)c2)c1. The Morgan fingerprint density at radius 3 is 2.25 bits per heavy atom. The zero-order valence-electron chi connectivity index (χ0n) is 19.0. The summed E-state index contributed by atoms with van der Waals surface area (Å²) in [4.78, 5) is 39.1. The second kappa shape index (κ2) is 10.2. The highest BCUT2D eigenvalue weighted by atomic mass is 19.4. The summed E-state index contributed by atoms with van der Waals surface area (Å²) in [5, 5.41) is 5.13. The summed E-state index contributed by atoms with van der Waals surface area (Å²) in [5.74, 6) is -1.56. The Labute approximate surface area is 205 Å². The highest BCUT2D eigenvalue weighted by Crippen LogP contribution is 2.31. The minimum absolute atomic E-state index is 0.00728. The molecule has 0 spiro atoms. The van der Waals surface area contributed by atoms with Crippen molar-refractivity contribution in [2.24, 2.45) is 5.73 Å². The largest absolute Gasteiger partial charge is 0.416 e. The fraction of sp³-hybridized carbons (Fsp3) is 0.192. The molecular formula is C26H23F3N4O3. The van der Waals surface area contributed by atoms with Crippen LogP contribution in [0, 0.1) is 0 Å². The number of hydrogen-bond donors (Lipinski definition) is 3. The number of amides is 3. The van der Waals surface area contributed by atoms with Gasteiger partial charge < -0.3 is 16.4 Å². The summed E-state index contributed by atoms with van der Waals surface area (Å²) < 4.78 is 38.8. The van der Waals surface area contributed by atoms with Gasteiger partial charge in [-0.25, -0.2) is 0 Å². The first-order chi connectivity index (χ1) is 17.1. The molecular weight excluding hydrogens is 473 g/mol. The number of halogens is 3. The number of nitrogens with one attached hydrogen (secondary N) is 2. The number of fused-ring (bicyclic) bond motifs is 1. The van der Waals surface area contributed by atoms with Crippen LogP contribution in [-0.2, 0) is 28.7 Å². The minimum atomic E-state index is -4.53. The predicted molar refractivity (Wildman–Crippen MR) is 128 cm³/mol. The molecule has 3 aromatic carbocycles. The number of anilines is 2. The van der Waals surface area contributed by atoms with Crippen LogP contribution in [0.15, 0.2) is 72.8 Å². The third-order valence-electron chi connectivity index (χ3n) is 5.88. The van der Waals surface area contributed by atoms with Gasteiger partial charge in [-0.3, -0.25) is 19.3 Å². The summed E-state index contributed by atoms with van der Waals surface area (Å²) in [7, 11) is 0. The first-order valence-corrected chi connectivity index (χ1v) is 11.1. The molecule has 1 aliphatic rings. The van der Waals surface area contributed by atoms with Gasteiger partial charge >= 0.3 is 6.18 Å². The van der Waals surface area contributed by atoms with Crippen molar-refractivity contribution in [3.63, 3.8) is 0 Å². The van der Waals surface area contributed by atoms with Crippen LogP contribution in [0.25, 0.3) is 0 Å². The van der Waals surface area contributed by atoms with E-state index in [0.717, 1.165) is 23.3 Å². The van der Waals surface area contributed by atoms with Crippen molar-refractivity contribution in [2.75, 3.05) is 17.2 Å². The smallest absolute Gasteiger partial charge is 0.368 e. The Kier molecular flexibility index (Phi) is 7.07. The highest BCUT2D eigenvalue weighted by molar-refractivity contribution is 6.05. The fourth-order valence-electron chi connectivity index (χ4n) is 4.12. The zero-order valence-corrected chi connectivity index (χ0v) is 19.0. The van der Waals surface area contributed by atoms with Crippen molar-refractivity contribution in [3.8, 4) is 0 Å². The molecule has 0 radical (unpaired) electrons. The summed E-state index contributed by atoms with van der Waals surface area (Å²) in [6.45, 7) is 0.291. The molecule has 1 aliphatic heterocycles. The summed E-state index contributed by atoms with van der Waals surface area (Å²) in [5.41, 5.74) is 7.18. The van der Waals surface area contributed by atoms with Crippen LogP contribution >= 0.6 is 0 Å². The van der Waals surface area contributed by atoms with E-state index in [2.05, 4.69) is 10.6 Å². The lowest BCUT2D eigenvalue weighted by Gasteiger charge is -2.34. The normalized spacial score (nSPS) is 15.6. The number of carbonyl (C=O) groups excluding carboxylic acids is 3. The van der Waals surface area contributed by atoms with Gasteiger partial charge in [0.25, 0.3) is 5.91 Å². The van der Waals surface area contributed by atoms with Gasteiger partial charge in [-0.15, -0.1) is 0 Å². The van der Waals surface area contributed by atoms with Crippen molar-refractivity contribution in [1.29, 1.82) is 0 Å². The number of primary amides is 1. The third kappa shape index (κ3) is 5.89. The van der Waals surface area contributed by atoms with Gasteiger partial charge in [0, 0.05) is 23.5 Å². The van der Waals surface area contributed by atoms with Crippen molar-refractivity contribution in [1.82, 2.24) is 4.90 Å². The monoisotopic (exact) mass is 496 g/mol. The Bertz CT molecular complexity index is 1310. The summed E-state index contributed by atoms with van der Waals surface area (Å²) in [6, 6.07) is 17.3. The van der Waals surface area contributed by atoms with Crippen molar-refractivity contribution >= 4 is 29.1 Å². The fourth-order valence-corrected chi connectivity index (χ4v) is 4.12. The first kappa shape index (κ1) is 24.9. The van der Waals surface area contributed by atoms with Crippen LogP contribution in [0.2, 0.25) is 0 Å². The molecule has 0 fully saturated rings. The molecule has 186 valence electrons. The first-order valence-electron chi connectivity index (χ1n) is 11.1. The Hall–Kier alpha value is -4.18. The van der Waals surface area contributed by atoms with E-state index in [9.17, 15) is 27.6 Å². The maximum absolute atomic E-state index is 12.9. The van der Waals surface area contributed by atoms with Gasteiger partial charge in [0.1, 0.15) is 0 Å². The van der Waals surface area contributed by atoms with E-state index < -0.39 is 35.5 Å². The van der Waals surface area contributed by atoms with Crippen molar-refractivity contribution in [3.05, 3.63) is 95.1 Å². The topological polar surface area (TPSA) is 105 Å². The van der Waals surface area contributed by atoms with E-state index in [4.69, 9.17) is 5.73 Å². The van der Waals surface area contributed by atoms with Gasteiger partial charge in [-0.1, -0.05) is 36.4 Å². The number of carbonyl (C=O) groups is 3. The Morgan fingerprint density at radius 1 is 0.889 bits per heavy atom. The molecule has 0 aliphatic carbocycles. The van der Waals surface area contributed by atoms with Crippen LogP contribution in [0.4, 0.5) is 24.5 Å². The van der Waals surface area contributed by atoms with Gasteiger partial charge in [0.05, 0.1) is 18.2 Å². The number of benzene rings is 3. The number of nitrogens with two attached hydrogens (primary N) is 1. The number of hydrogen-bond acceptors (Lipinski definition) is 4. The van der Waals surface area contributed by atoms with Crippen molar-refractivity contribution < 1.29 is 27.6 Å². The van der Waals surface area contributed by atoms with Crippen LogP contribution in [0.3, 0.4) is 0 Å². The van der Waals surface area contributed by atoms with Gasteiger partial charge in [0.15, 0.2) is 0 Å². The van der Waals surface area contributed by atoms with E-state index in [1.54, 1.807) is 17.0 Å². The van der Waals surface area contributed by atoms with Crippen LogP contribution < -0.4 is 16.4 Å². The van der Waals surface area contributed by atoms with E-state index in [1.807, 2.05) is 24.3 Å². The van der Waals surface area contributed by atoms with E-state index in [1.165, 1.54) is 24.3 Å². The number of rotatable bonds is 6. The third-order valence-corrected chi connectivity index (χ3v) is 5.88. The molecule has 1 heterocycles. The molecule has 0 saturated heterocycles. The summed E-state index contributed by atoms with van der Waals surface area (Å²) >= 11 is 0. The van der Waals surface area contributed by atoms with Crippen LogP contribution in [0.5, 0.6) is 0 Å². The molecule has 36 heavy (non-hydrogen) atoms. The number of alkyl halides is 3. The van der Waals surface area contributed by atoms with E-state index in [0.29, 0.717) is 18.7 Å². The molecule has 0 aromatic heterocycles. The average Bonchev–Trinajstić information content (AvgIpc) is 2.83. The molecule has 7 nitrogen and oxygen atoms in total. The highest BCUT2D eigenvalue weighted by Gasteiger charge is 2.32. The molecule has 4 rings (SSSR count). The van der Waals surface area contributed by atoms with E-state index in [-0.39, 0.29) is 17.8 Å². The second-order valence-corrected chi connectivity index (χ2v) is 8.46. The minimum Gasteiger partial charge on any atom is -0.368 e. The lowest BCUT2D eigenvalue weighted by molar-refractivity contribution is -0.137. The zero-order chi connectivity index (χ0) is 25.9. The van der Waals surface area contributed by atoms with Gasteiger partial charge in [-0.05, 0) is 53.9 Å². The molecule has 4 N–H and O–H groups in total. The summed E-state index contributed by atoms with van der Waals surface area (Å²) in [6.07, 6.45) is -4.13. The predicted octanol–water partition coefficient (Wildman–Crippen LogP) is 3.81. The Morgan fingerprint density at radius 2 is 1.56 bits per heavy atom. The molecule has 3 amide bonds.